The number of halogens is 2. The number of nitrogens with zero attached hydrogens (tertiary/aromatic N) is 1. The van der Waals surface area contributed by atoms with Crippen molar-refractivity contribution in [2.75, 3.05) is 13.1 Å². The van der Waals surface area contributed by atoms with E-state index in [1.807, 2.05) is 0 Å². The van der Waals surface area contributed by atoms with Gasteiger partial charge in [-0.05, 0) is 36.7 Å². The van der Waals surface area contributed by atoms with E-state index < -0.39 is 36.3 Å². The van der Waals surface area contributed by atoms with E-state index in [1.165, 1.54) is 32.6 Å². The Balaban J connectivity index is 1.59. The van der Waals surface area contributed by atoms with Gasteiger partial charge in [0.25, 0.3) is 5.92 Å². The minimum absolute atomic E-state index is 0.321. The molecule has 1 aliphatic carbocycles. The molecule has 3 rings (SSSR count). The number of piperidine rings is 1. The standard InChI is InChI=1S/C22H30F2N2O3/c1-16(17-7-3-2-4-8-17)22(23,24)15-18(19(27)28)25-20(29)26-13-11-21(12-14-26)9-5-6-10-21/h2-4,7-8,16,18H,5-6,9-15H2,1H3,(H,25,29)(H,27,28). The normalized spacial score (nSPS) is 21.0. The van der Waals surface area contributed by atoms with Crippen LogP contribution in [0.5, 0.6) is 0 Å². The molecule has 7 heteroatoms. The topological polar surface area (TPSA) is 69.6 Å². The van der Waals surface area contributed by atoms with Gasteiger partial charge in [-0.15, -0.1) is 0 Å². The molecule has 1 aromatic carbocycles. The van der Waals surface area contributed by atoms with Crippen LogP contribution in [0.25, 0.3) is 0 Å². The number of rotatable bonds is 6. The van der Waals surface area contributed by atoms with Gasteiger partial charge >= 0.3 is 12.0 Å². The molecule has 1 aliphatic heterocycles. The van der Waals surface area contributed by atoms with Crippen molar-refractivity contribution >= 4 is 12.0 Å². The molecule has 2 atom stereocenters. The lowest BCUT2D eigenvalue weighted by Gasteiger charge is -2.39. The zero-order chi connectivity index (χ0) is 21.1. The summed E-state index contributed by atoms with van der Waals surface area (Å²) in [5.41, 5.74) is 0.757. The zero-order valence-corrected chi connectivity index (χ0v) is 16.9. The number of carboxylic acids is 1. The monoisotopic (exact) mass is 408 g/mol. The highest BCUT2D eigenvalue weighted by Gasteiger charge is 2.43. The summed E-state index contributed by atoms with van der Waals surface area (Å²) in [7, 11) is 0. The van der Waals surface area contributed by atoms with Crippen LogP contribution >= 0.6 is 0 Å². The van der Waals surface area contributed by atoms with E-state index in [0.717, 1.165) is 12.8 Å². The number of carboxylic acid groups (broad SMARTS) is 1. The van der Waals surface area contributed by atoms with Crippen LogP contribution in [0.15, 0.2) is 30.3 Å². The van der Waals surface area contributed by atoms with Gasteiger partial charge < -0.3 is 15.3 Å². The molecule has 1 spiro atoms. The second kappa shape index (κ2) is 8.67. The van der Waals surface area contributed by atoms with Crippen molar-refractivity contribution in [2.45, 2.75) is 69.8 Å². The Morgan fingerprint density at radius 1 is 1.14 bits per heavy atom. The number of hydrogen-bond donors (Lipinski definition) is 2. The van der Waals surface area contributed by atoms with Crippen LogP contribution in [-0.4, -0.2) is 47.1 Å². The predicted molar refractivity (Wildman–Crippen MR) is 106 cm³/mol. The van der Waals surface area contributed by atoms with Crippen molar-refractivity contribution in [1.29, 1.82) is 0 Å². The second-order valence-electron chi connectivity index (χ2n) is 8.63. The molecule has 5 nitrogen and oxygen atoms in total. The molecule has 1 saturated carbocycles. The van der Waals surface area contributed by atoms with Gasteiger partial charge in [-0.2, -0.15) is 0 Å². The molecule has 160 valence electrons. The molecule has 1 aromatic rings. The summed E-state index contributed by atoms with van der Waals surface area (Å²) in [6.45, 7) is 2.48. The Bertz CT molecular complexity index is 710. The maximum Gasteiger partial charge on any atom is 0.326 e. The molecule has 0 bridgehead atoms. The minimum atomic E-state index is -3.27. The van der Waals surface area contributed by atoms with E-state index >= 15 is 0 Å². The fourth-order valence-electron chi connectivity index (χ4n) is 4.68. The highest BCUT2D eigenvalue weighted by molar-refractivity contribution is 5.82. The van der Waals surface area contributed by atoms with Gasteiger partial charge in [0.1, 0.15) is 6.04 Å². The first kappa shape index (κ1) is 21.5. The average molecular weight is 408 g/mol. The Labute approximate surface area is 170 Å². The van der Waals surface area contributed by atoms with Crippen LogP contribution in [0.3, 0.4) is 0 Å². The molecule has 2 unspecified atom stereocenters. The highest BCUT2D eigenvalue weighted by Crippen LogP contribution is 2.46. The Hall–Kier alpha value is -2.18. The molecular weight excluding hydrogens is 378 g/mol. The number of aliphatic carboxylic acids is 1. The van der Waals surface area contributed by atoms with Crippen molar-refractivity contribution < 1.29 is 23.5 Å². The van der Waals surface area contributed by atoms with Crippen LogP contribution in [0.2, 0.25) is 0 Å². The van der Waals surface area contributed by atoms with Gasteiger partial charge in [0, 0.05) is 25.4 Å². The summed E-state index contributed by atoms with van der Waals surface area (Å²) < 4.78 is 29.6. The molecule has 1 saturated heterocycles. The number of urea groups is 1. The fraction of sp³-hybridized carbons (Fsp3) is 0.636. The summed E-state index contributed by atoms with van der Waals surface area (Å²) in [5, 5.41) is 11.8. The number of alkyl halides is 2. The Morgan fingerprint density at radius 3 is 2.28 bits per heavy atom. The van der Waals surface area contributed by atoms with Gasteiger partial charge in [0.2, 0.25) is 0 Å². The molecule has 2 fully saturated rings. The maximum atomic E-state index is 14.8. The van der Waals surface area contributed by atoms with Crippen molar-refractivity contribution in [3.05, 3.63) is 35.9 Å². The van der Waals surface area contributed by atoms with Gasteiger partial charge in [0.05, 0.1) is 0 Å². The fourth-order valence-corrected chi connectivity index (χ4v) is 4.68. The summed E-state index contributed by atoms with van der Waals surface area (Å²) in [6.07, 6.45) is 5.68. The minimum Gasteiger partial charge on any atom is -0.480 e. The first-order chi connectivity index (χ1) is 13.7. The van der Waals surface area contributed by atoms with Gasteiger partial charge in [-0.1, -0.05) is 50.1 Å². The molecule has 2 N–H and O–H groups in total. The summed E-state index contributed by atoms with van der Waals surface area (Å²) in [6, 6.07) is 6.08. The number of amides is 2. The van der Waals surface area contributed by atoms with Gasteiger partial charge in [0.15, 0.2) is 0 Å². The van der Waals surface area contributed by atoms with Gasteiger partial charge in [-0.25, -0.2) is 18.4 Å². The van der Waals surface area contributed by atoms with E-state index in [-0.39, 0.29) is 0 Å². The number of likely N-dealkylation sites (tertiary alicyclic amines) is 1. The van der Waals surface area contributed by atoms with Crippen LogP contribution in [-0.2, 0) is 4.79 Å². The lowest BCUT2D eigenvalue weighted by atomic mass is 9.77. The highest BCUT2D eigenvalue weighted by atomic mass is 19.3. The SMILES string of the molecule is CC(c1ccccc1)C(F)(F)CC(NC(=O)N1CCC2(CCCC2)CC1)C(=O)O. The largest absolute Gasteiger partial charge is 0.480 e. The molecule has 29 heavy (non-hydrogen) atoms. The Kier molecular flexibility index (Phi) is 6.44. The molecule has 0 aromatic heterocycles. The number of carbonyl (C=O) groups excluding carboxylic acids is 1. The van der Waals surface area contributed by atoms with Crippen molar-refractivity contribution in [3.8, 4) is 0 Å². The second-order valence-corrected chi connectivity index (χ2v) is 8.63. The average Bonchev–Trinajstić information content (AvgIpc) is 3.15. The zero-order valence-electron chi connectivity index (χ0n) is 16.9. The number of benzene rings is 1. The molecular formula is C22H30F2N2O3. The summed E-state index contributed by atoms with van der Waals surface area (Å²) in [4.78, 5) is 25.7. The molecule has 2 amide bonds. The third-order valence-electron chi connectivity index (χ3n) is 6.78. The summed E-state index contributed by atoms with van der Waals surface area (Å²) in [5.74, 6) is -5.87. The van der Waals surface area contributed by atoms with Crippen LogP contribution < -0.4 is 5.32 Å². The van der Waals surface area contributed by atoms with Crippen LogP contribution in [0.1, 0.15) is 63.4 Å². The third kappa shape index (κ3) is 5.06. The number of nitrogens with one attached hydrogen (secondary N) is 1. The van der Waals surface area contributed by atoms with Crippen molar-refractivity contribution in [2.24, 2.45) is 5.41 Å². The number of hydrogen-bond acceptors (Lipinski definition) is 2. The van der Waals surface area contributed by atoms with E-state index in [2.05, 4.69) is 5.32 Å². The first-order valence-corrected chi connectivity index (χ1v) is 10.4. The number of carbonyl (C=O) groups is 2. The van der Waals surface area contributed by atoms with E-state index in [0.29, 0.717) is 24.1 Å². The molecule has 2 aliphatic rings. The molecule has 1 heterocycles. The first-order valence-electron chi connectivity index (χ1n) is 10.4. The lowest BCUT2D eigenvalue weighted by Crippen LogP contribution is -2.53. The third-order valence-corrected chi connectivity index (χ3v) is 6.78. The van der Waals surface area contributed by atoms with Crippen LogP contribution in [0.4, 0.5) is 13.6 Å². The predicted octanol–water partition coefficient (Wildman–Crippen LogP) is 4.63. The van der Waals surface area contributed by atoms with E-state index in [1.54, 1.807) is 35.2 Å². The van der Waals surface area contributed by atoms with E-state index in [4.69, 9.17) is 0 Å². The van der Waals surface area contributed by atoms with Crippen molar-refractivity contribution in [3.63, 3.8) is 0 Å². The van der Waals surface area contributed by atoms with Gasteiger partial charge in [-0.3, -0.25) is 0 Å². The smallest absolute Gasteiger partial charge is 0.326 e. The van der Waals surface area contributed by atoms with Crippen LogP contribution in [0, 0.1) is 5.41 Å². The lowest BCUT2D eigenvalue weighted by molar-refractivity contribution is -0.142. The Morgan fingerprint density at radius 2 is 1.72 bits per heavy atom. The van der Waals surface area contributed by atoms with E-state index in [9.17, 15) is 23.5 Å². The maximum absolute atomic E-state index is 14.8. The van der Waals surface area contributed by atoms with Crippen molar-refractivity contribution in [1.82, 2.24) is 10.2 Å². The quantitative estimate of drug-likeness (QED) is 0.721. The molecule has 0 radical (unpaired) electrons. The summed E-state index contributed by atoms with van der Waals surface area (Å²) >= 11 is 0.